The fraction of sp³-hybridized carbons (Fsp3) is 0.432. The second-order valence-electron chi connectivity index (χ2n) is 14.1. The molecular formula is C37H41N7O3. The summed E-state index contributed by atoms with van der Waals surface area (Å²) in [7, 11) is 0. The molecule has 0 unspecified atom stereocenters. The number of benzene rings is 2. The van der Waals surface area contributed by atoms with Crippen LogP contribution in [0, 0.1) is 19.3 Å². The van der Waals surface area contributed by atoms with E-state index in [9.17, 15) is 9.59 Å². The Kier molecular flexibility index (Phi) is 7.35. The van der Waals surface area contributed by atoms with Gasteiger partial charge in [0, 0.05) is 46.5 Å². The molecule has 8 rings (SSSR count). The fourth-order valence-electron chi connectivity index (χ4n) is 7.68. The zero-order valence-electron chi connectivity index (χ0n) is 27.2. The molecule has 47 heavy (non-hydrogen) atoms. The lowest BCUT2D eigenvalue weighted by Crippen LogP contribution is -2.50. The van der Waals surface area contributed by atoms with Crippen LogP contribution in [-0.2, 0) is 20.7 Å². The van der Waals surface area contributed by atoms with Crippen LogP contribution >= 0.6 is 0 Å². The van der Waals surface area contributed by atoms with E-state index in [-0.39, 0.29) is 23.8 Å². The number of anilines is 2. The van der Waals surface area contributed by atoms with E-state index in [2.05, 4.69) is 60.0 Å². The standard InChI is InChI=1S/C37H41N7O3/c1-21-33(22(2)43-42-21)24-9-11-26(12-10-24)40-35(45)34(41-36(46)37(3)13-14-37)29-6-4-5-23-7-8-25(15-30(23)29)31-17-32(39-20-38-31)44-18-28-16-27(44)19-47-28/h7-12,15,17,20,27-29,34H,4-6,13-14,16,18-19H2,1-3H3,(H,40,45)(H,41,46)(H,42,43)/t27-,28-,29+,34-/m0/s1. The van der Waals surface area contributed by atoms with Crippen LogP contribution in [0.2, 0.25) is 0 Å². The number of amides is 2. The van der Waals surface area contributed by atoms with Gasteiger partial charge in [0.1, 0.15) is 18.2 Å². The molecule has 4 aliphatic rings. The summed E-state index contributed by atoms with van der Waals surface area (Å²) in [4.78, 5) is 39.2. The zero-order chi connectivity index (χ0) is 32.3. The van der Waals surface area contributed by atoms with E-state index in [0.717, 1.165) is 96.8 Å². The van der Waals surface area contributed by atoms with Crippen molar-refractivity contribution in [1.29, 1.82) is 0 Å². The van der Waals surface area contributed by atoms with E-state index >= 15 is 0 Å². The molecular weight excluding hydrogens is 590 g/mol. The van der Waals surface area contributed by atoms with Crippen molar-refractivity contribution in [1.82, 2.24) is 25.5 Å². The van der Waals surface area contributed by atoms with Gasteiger partial charge in [-0.2, -0.15) is 5.10 Å². The number of hydrogen-bond acceptors (Lipinski definition) is 7. The van der Waals surface area contributed by atoms with Gasteiger partial charge in [0.2, 0.25) is 11.8 Å². The molecule has 2 aromatic carbocycles. The highest BCUT2D eigenvalue weighted by atomic mass is 16.5. The highest BCUT2D eigenvalue weighted by Crippen LogP contribution is 2.46. The number of carbonyl (C=O) groups is 2. The Balaban J connectivity index is 1.08. The summed E-state index contributed by atoms with van der Waals surface area (Å²) in [6, 6.07) is 16.0. The quantitative estimate of drug-likeness (QED) is 0.236. The van der Waals surface area contributed by atoms with Crippen molar-refractivity contribution in [3.63, 3.8) is 0 Å². The van der Waals surface area contributed by atoms with Crippen molar-refractivity contribution in [2.75, 3.05) is 23.4 Å². The molecule has 2 saturated heterocycles. The lowest BCUT2D eigenvalue weighted by atomic mass is 9.77. The molecule has 4 atom stereocenters. The van der Waals surface area contributed by atoms with Crippen LogP contribution in [0.5, 0.6) is 0 Å². The number of H-pyrrole nitrogens is 1. The van der Waals surface area contributed by atoms with Crippen LogP contribution < -0.4 is 15.5 Å². The number of aromatic amines is 1. The Morgan fingerprint density at radius 3 is 2.57 bits per heavy atom. The molecule has 2 aliphatic carbocycles. The number of nitrogens with one attached hydrogen (secondary N) is 3. The van der Waals surface area contributed by atoms with E-state index in [1.807, 2.05) is 45.0 Å². The summed E-state index contributed by atoms with van der Waals surface area (Å²) >= 11 is 0. The minimum atomic E-state index is -0.714. The summed E-state index contributed by atoms with van der Waals surface area (Å²) in [5.41, 5.74) is 8.47. The molecule has 10 heteroatoms. The topological polar surface area (TPSA) is 125 Å². The molecule has 4 aromatic rings. The van der Waals surface area contributed by atoms with Gasteiger partial charge >= 0.3 is 0 Å². The molecule has 3 fully saturated rings. The molecule has 0 radical (unpaired) electrons. The number of nitrogens with zero attached hydrogens (tertiary/aromatic N) is 4. The highest BCUT2D eigenvalue weighted by Gasteiger charge is 2.47. The molecule has 10 nitrogen and oxygen atoms in total. The molecule has 2 amide bonds. The van der Waals surface area contributed by atoms with Crippen molar-refractivity contribution < 1.29 is 14.3 Å². The molecule has 0 spiro atoms. The summed E-state index contributed by atoms with van der Waals surface area (Å²) in [6.45, 7) is 7.56. The van der Waals surface area contributed by atoms with Gasteiger partial charge in [0.25, 0.3) is 0 Å². The number of carbonyl (C=O) groups excluding carboxylic acids is 2. The van der Waals surface area contributed by atoms with Crippen LogP contribution in [-0.4, -0.2) is 63.3 Å². The summed E-state index contributed by atoms with van der Waals surface area (Å²) in [5, 5.41) is 13.7. The summed E-state index contributed by atoms with van der Waals surface area (Å²) in [6.07, 6.45) is 7.33. The first-order valence-corrected chi connectivity index (χ1v) is 16.8. The lowest BCUT2D eigenvalue weighted by molar-refractivity contribution is -0.130. The van der Waals surface area contributed by atoms with E-state index in [1.165, 1.54) is 5.56 Å². The molecule has 2 bridgehead atoms. The average Bonchev–Trinajstić information content (AvgIpc) is 3.37. The Labute approximate surface area is 274 Å². The number of rotatable bonds is 8. The number of aromatic nitrogens is 4. The van der Waals surface area contributed by atoms with Crippen LogP contribution in [0.25, 0.3) is 22.4 Å². The Morgan fingerprint density at radius 2 is 1.87 bits per heavy atom. The van der Waals surface area contributed by atoms with E-state index in [4.69, 9.17) is 4.74 Å². The maximum absolute atomic E-state index is 14.2. The second kappa shape index (κ2) is 11.6. The van der Waals surface area contributed by atoms with Crippen LogP contribution in [0.4, 0.5) is 11.5 Å². The van der Waals surface area contributed by atoms with E-state index in [1.54, 1.807) is 6.33 Å². The molecule has 4 heterocycles. The normalized spacial score (nSPS) is 22.9. The van der Waals surface area contributed by atoms with E-state index < -0.39 is 11.5 Å². The maximum atomic E-state index is 14.2. The number of morpholine rings is 1. The van der Waals surface area contributed by atoms with Gasteiger partial charge in [-0.25, -0.2) is 9.97 Å². The molecule has 242 valence electrons. The number of hydrogen-bond donors (Lipinski definition) is 3. The van der Waals surface area contributed by atoms with Crippen LogP contribution in [0.15, 0.2) is 54.9 Å². The highest BCUT2D eigenvalue weighted by molar-refractivity contribution is 5.99. The number of fused-ring (bicyclic) bond motifs is 3. The lowest BCUT2D eigenvalue weighted by Gasteiger charge is -2.33. The minimum absolute atomic E-state index is 0.0495. The molecule has 2 aliphatic heterocycles. The van der Waals surface area contributed by atoms with Gasteiger partial charge in [-0.05, 0) is 87.3 Å². The summed E-state index contributed by atoms with van der Waals surface area (Å²) < 4.78 is 5.80. The first kappa shape index (κ1) is 29.8. The minimum Gasteiger partial charge on any atom is -0.374 e. The first-order valence-electron chi connectivity index (χ1n) is 16.8. The Hall–Kier alpha value is -4.57. The largest absolute Gasteiger partial charge is 0.374 e. The van der Waals surface area contributed by atoms with Crippen molar-refractivity contribution in [3.05, 3.63) is 77.4 Å². The fourth-order valence-corrected chi connectivity index (χ4v) is 7.68. The average molecular weight is 632 g/mol. The van der Waals surface area contributed by atoms with E-state index in [0.29, 0.717) is 11.7 Å². The van der Waals surface area contributed by atoms with Crippen LogP contribution in [0.1, 0.15) is 67.5 Å². The van der Waals surface area contributed by atoms with Crippen molar-refractivity contribution >= 4 is 23.3 Å². The van der Waals surface area contributed by atoms with Gasteiger partial charge in [0.15, 0.2) is 0 Å². The molecule has 3 N–H and O–H groups in total. The predicted octanol–water partition coefficient (Wildman–Crippen LogP) is 5.47. The Bertz CT molecular complexity index is 1830. The van der Waals surface area contributed by atoms with Crippen molar-refractivity contribution in [3.8, 4) is 22.4 Å². The van der Waals surface area contributed by atoms with Gasteiger partial charge in [-0.15, -0.1) is 0 Å². The SMILES string of the molecule is Cc1n[nH]c(C)c1-c1ccc(NC(=O)[C@@H](NC(=O)C2(C)CC2)[C@@H]2CCCc3ccc(-c4cc(N5C[C@@H]6C[C@H]5CO6)ncn4)cc32)cc1. The third-order valence-electron chi connectivity index (χ3n) is 10.7. The van der Waals surface area contributed by atoms with Crippen molar-refractivity contribution in [2.24, 2.45) is 5.41 Å². The molecule has 2 aromatic heterocycles. The third-order valence-corrected chi connectivity index (χ3v) is 10.7. The monoisotopic (exact) mass is 631 g/mol. The maximum Gasteiger partial charge on any atom is 0.247 e. The van der Waals surface area contributed by atoms with Gasteiger partial charge < -0.3 is 20.3 Å². The van der Waals surface area contributed by atoms with Crippen molar-refractivity contribution in [2.45, 2.75) is 83.4 Å². The van der Waals surface area contributed by atoms with Crippen LogP contribution in [0.3, 0.4) is 0 Å². The van der Waals surface area contributed by atoms with Gasteiger partial charge in [0.05, 0.1) is 30.1 Å². The molecule has 1 saturated carbocycles. The van der Waals surface area contributed by atoms with Gasteiger partial charge in [-0.3, -0.25) is 14.7 Å². The van der Waals surface area contributed by atoms with Gasteiger partial charge in [-0.1, -0.05) is 31.2 Å². The Morgan fingerprint density at radius 1 is 1.06 bits per heavy atom. The smallest absolute Gasteiger partial charge is 0.247 e. The first-order chi connectivity index (χ1) is 22.8. The predicted molar refractivity (Wildman–Crippen MR) is 180 cm³/mol. The second-order valence-corrected chi connectivity index (χ2v) is 14.1. The third kappa shape index (κ3) is 5.58. The zero-order valence-corrected chi connectivity index (χ0v) is 27.2. The number of ether oxygens (including phenoxy) is 1. The number of aryl methyl sites for hydroxylation is 3. The summed E-state index contributed by atoms with van der Waals surface area (Å²) in [5.74, 6) is 0.496.